The van der Waals surface area contributed by atoms with E-state index >= 15 is 0 Å². The molecule has 43 heavy (non-hydrogen) atoms. The number of amides is 1. The fraction of sp³-hybridized carbons (Fsp3) is 0.481. The van der Waals surface area contributed by atoms with E-state index < -0.39 is 32.4 Å². The molecule has 12 nitrogen and oxygen atoms in total. The SMILES string of the molecule is CC1CN(c2cc(S(=O)(=O)NC3(C)CC3)cc3c(-c4nnc(C(F)F)s4)nc4ccnn4c23)CCN1C(=O)C1(C#N)CC1. The lowest BCUT2D eigenvalue weighted by molar-refractivity contribution is -0.137. The van der Waals surface area contributed by atoms with E-state index in [1.165, 1.54) is 6.07 Å². The first-order valence-electron chi connectivity index (χ1n) is 13.9. The summed E-state index contributed by atoms with van der Waals surface area (Å²) in [5.41, 5.74) is 0.223. The summed E-state index contributed by atoms with van der Waals surface area (Å²) < 4.78 is 58.7. The molecule has 1 atom stereocenters. The monoisotopic (exact) mass is 627 g/mol. The highest BCUT2D eigenvalue weighted by Gasteiger charge is 2.53. The highest BCUT2D eigenvalue weighted by Crippen LogP contribution is 2.47. The summed E-state index contributed by atoms with van der Waals surface area (Å²) in [6, 6.07) is 6.65. The van der Waals surface area contributed by atoms with Crippen LogP contribution in [0.1, 0.15) is 51.0 Å². The van der Waals surface area contributed by atoms with Crippen molar-refractivity contribution in [1.29, 1.82) is 5.26 Å². The number of halogens is 2. The van der Waals surface area contributed by atoms with Crippen LogP contribution < -0.4 is 9.62 Å². The number of alkyl halides is 2. The number of piperazine rings is 1. The molecular weight excluding hydrogens is 600 g/mol. The molecule has 1 unspecified atom stereocenters. The van der Waals surface area contributed by atoms with E-state index in [4.69, 9.17) is 0 Å². The Kier molecular flexibility index (Phi) is 6.25. The molecule has 1 aliphatic heterocycles. The summed E-state index contributed by atoms with van der Waals surface area (Å²) in [5, 5.41) is 21.7. The minimum absolute atomic E-state index is 0.0103. The van der Waals surface area contributed by atoms with Gasteiger partial charge in [-0.2, -0.15) is 10.4 Å². The van der Waals surface area contributed by atoms with E-state index in [0.29, 0.717) is 78.9 Å². The molecule has 1 aromatic carbocycles. The first-order valence-corrected chi connectivity index (χ1v) is 16.2. The lowest BCUT2D eigenvalue weighted by Gasteiger charge is -2.42. The number of benzene rings is 1. The molecule has 0 spiro atoms. The largest absolute Gasteiger partial charge is 0.366 e. The number of sulfonamides is 1. The maximum Gasteiger partial charge on any atom is 0.291 e. The van der Waals surface area contributed by atoms with Crippen LogP contribution in [0.25, 0.3) is 27.3 Å². The smallest absolute Gasteiger partial charge is 0.291 e. The van der Waals surface area contributed by atoms with Crippen molar-refractivity contribution in [2.75, 3.05) is 24.5 Å². The van der Waals surface area contributed by atoms with Crippen molar-refractivity contribution in [2.45, 2.75) is 62.4 Å². The van der Waals surface area contributed by atoms with Crippen LogP contribution in [0, 0.1) is 16.7 Å². The lowest BCUT2D eigenvalue weighted by atomic mass is 10.0. The number of carbonyl (C=O) groups is 1. The summed E-state index contributed by atoms with van der Waals surface area (Å²) in [6.45, 7) is 4.82. The van der Waals surface area contributed by atoms with Gasteiger partial charge in [-0.3, -0.25) is 4.79 Å². The number of anilines is 1. The Morgan fingerprint density at radius 2 is 1.98 bits per heavy atom. The number of aromatic nitrogens is 5. The molecule has 1 amide bonds. The van der Waals surface area contributed by atoms with Crippen LogP contribution in [0.5, 0.6) is 0 Å². The van der Waals surface area contributed by atoms with Gasteiger partial charge in [0.05, 0.1) is 28.4 Å². The van der Waals surface area contributed by atoms with E-state index in [1.54, 1.807) is 27.7 Å². The summed E-state index contributed by atoms with van der Waals surface area (Å²) in [6.07, 6.45) is 1.27. The standard InChI is InChI=1S/C27H27F2N9O3S2/c1-15-13-36(9-10-37(15)25(39)27(14-30)6-7-27)18-12-16(43(40,41)35-26(2)4-5-26)11-17-20(23-33-34-24(42-23)22(28)29)32-19-3-8-31-38(19)21(17)18/h3,8,11-12,15,22,35H,4-7,9-10,13H2,1-2H3. The van der Waals surface area contributed by atoms with Gasteiger partial charge in [0.2, 0.25) is 15.9 Å². The number of fused-ring (bicyclic) bond motifs is 3. The highest BCUT2D eigenvalue weighted by molar-refractivity contribution is 7.89. The molecule has 1 saturated heterocycles. The van der Waals surface area contributed by atoms with Crippen molar-refractivity contribution >= 4 is 49.5 Å². The third-order valence-corrected chi connectivity index (χ3v) is 11.1. The van der Waals surface area contributed by atoms with Crippen LogP contribution >= 0.6 is 11.3 Å². The van der Waals surface area contributed by atoms with Gasteiger partial charge in [-0.05, 0) is 51.7 Å². The molecule has 2 aliphatic carbocycles. The zero-order chi connectivity index (χ0) is 30.3. The first-order chi connectivity index (χ1) is 20.4. The summed E-state index contributed by atoms with van der Waals surface area (Å²) in [7, 11) is -3.99. The Balaban J connectivity index is 1.40. The van der Waals surface area contributed by atoms with Crippen molar-refractivity contribution in [3.63, 3.8) is 0 Å². The van der Waals surface area contributed by atoms with Crippen LogP contribution in [-0.4, -0.2) is 75.2 Å². The number of nitriles is 1. The van der Waals surface area contributed by atoms with Gasteiger partial charge in [-0.25, -0.2) is 31.4 Å². The molecule has 2 saturated carbocycles. The molecule has 224 valence electrons. The van der Waals surface area contributed by atoms with Crippen LogP contribution in [0.15, 0.2) is 29.3 Å². The molecule has 3 aliphatic rings. The maximum atomic E-state index is 13.7. The van der Waals surface area contributed by atoms with Crippen molar-refractivity contribution in [1.82, 2.24) is 34.4 Å². The average Bonchev–Trinajstić information content (AvgIpc) is 3.78. The third-order valence-electron chi connectivity index (χ3n) is 8.50. The lowest BCUT2D eigenvalue weighted by Crippen LogP contribution is -2.55. The van der Waals surface area contributed by atoms with Crippen molar-refractivity contribution in [2.24, 2.45) is 5.41 Å². The number of rotatable bonds is 7. The summed E-state index contributed by atoms with van der Waals surface area (Å²) in [4.78, 5) is 21.6. The molecule has 16 heteroatoms. The second-order valence-electron chi connectivity index (χ2n) is 11.8. The molecular formula is C27H27F2N9O3S2. The average molecular weight is 628 g/mol. The zero-order valence-electron chi connectivity index (χ0n) is 23.3. The topological polar surface area (TPSA) is 149 Å². The van der Waals surface area contributed by atoms with Gasteiger partial charge in [0.1, 0.15) is 11.1 Å². The van der Waals surface area contributed by atoms with Crippen LogP contribution in [0.4, 0.5) is 14.5 Å². The van der Waals surface area contributed by atoms with Gasteiger partial charge < -0.3 is 9.80 Å². The number of hydrogen-bond acceptors (Lipinski definition) is 10. The minimum atomic E-state index is -3.99. The molecule has 0 radical (unpaired) electrons. The molecule has 3 aromatic heterocycles. The number of carbonyl (C=O) groups excluding carboxylic acids is 1. The number of nitrogens with zero attached hydrogens (tertiary/aromatic N) is 8. The van der Waals surface area contributed by atoms with E-state index in [9.17, 15) is 27.3 Å². The van der Waals surface area contributed by atoms with Gasteiger partial charge in [0, 0.05) is 42.7 Å². The van der Waals surface area contributed by atoms with Crippen LogP contribution in [0.2, 0.25) is 0 Å². The fourth-order valence-corrected chi connectivity index (χ4v) is 7.84. The number of hydrogen-bond donors (Lipinski definition) is 1. The van der Waals surface area contributed by atoms with Crippen LogP contribution in [0.3, 0.4) is 0 Å². The Labute approximate surface area is 249 Å². The van der Waals surface area contributed by atoms with Gasteiger partial charge in [-0.1, -0.05) is 11.3 Å². The second kappa shape index (κ2) is 9.60. The number of nitrogens with one attached hydrogen (secondary N) is 1. The maximum absolute atomic E-state index is 13.7. The molecule has 1 N–H and O–H groups in total. The fourth-order valence-electron chi connectivity index (χ4n) is 5.63. The molecule has 7 rings (SSSR count). The van der Waals surface area contributed by atoms with Gasteiger partial charge in [0.15, 0.2) is 15.7 Å². The quantitative estimate of drug-likeness (QED) is 0.325. The Morgan fingerprint density at radius 1 is 1.21 bits per heavy atom. The highest BCUT2D eigenvalue weighted by atomic mass is 32.2. The van der Waals surface area contributed by atoms with Crippen molar-refractivity contribution in [3.05, 3.63) is 29.4 Å². The van der Waals surface area contributed by atoms with Gasteiger partial charge >= 0.3 is 0 Å². The summed E-state index contributed by atoms with van der Waals surface area (Å²) in [5.74, 6) is -0.169. The third kappa shape index (κ3) is 4.70. The van der Waals surface area contributed by atoms with Gasteiger partial charge in [0.25, 0.3) is 6.43 Å². The predicted molar refractivity (Wildman–Crippen MR) is 153 cm³/mol. The van der Waals surface area contributed by atoms with E-state index in [2.05, 4.69) is 31.1 Å². The molecule has 4 aromatic rings. The molecule has 4 heterocycles. The van der Waals surface area contributed by atoms with E-state index in [-0.39, 0.29) is 27.5 Å². The molecule has 0 bridgehead atoms. The van der Waals surface area contributed by atoms with Crippen molar-refractivity contribution in [3.8, 4) is 16.8 Å². The van der Waals surface area contributed by atoms with E-state index in [0.717, 1.165) is 0 Å². The predicted octanol–water partition coefficient (Wildman–Crippen LogP) is 3.51. The second-order valence-corrected chi connectivity index (χ2v) is 14.5. The summed E-state index contributed by atoms with van der Waals surface area (Å²) >= 11 is 0.695. The minimum Gasteiger partial charge on any atom is -0.366 e. The zero-order valence-corrected chi connectivity index (χ0v) is 24.9. The van der Waals surface area contributed by atoms with Gasteiger partial charge in [-0.15, -0.1) is 10.2 Å². The first kappa shape index (κ1) is 28.0. The normalized spacial score (nSPS) is 21.0. The Morgan fingerprint density at radius 3 is 2.60 bits per heavy atom. The van der Waals surface area contributed by atoms with Crippen LogP contribution in [-0.2, 0) is 14.8 Å². The Hall–Kier alpha value is -3.81. The Bertz CT molecular complexity index is 1940. The molecule has 3 fully saturated rings. The van der Waals surface area contributed by atoms with Crippen molar-refractivity contribution < 1.29 is 22.0 Å². The van der Waals surface area contributed by atoms with E-state index in [1.807, 2.05) is 18.7 Å².